The van der Waals surface area contributed by atoms with Crippen LogP contribution in [0.5, 0.6) is 0 Å². The molecule has 3 rings (SSSR count). The van der Waals surface area contributed by atoms with E-state index in [9.17, 15) is 4.79 Å². The van der Waals surface area contributed by atoms with Crippen LogP contribution in [0.2, 0.25) is 5.02 Å². The van der Waals surface area contributed by atoms with Crippen LogP contribution >= 0.6 is 22.9 Å². The summed E-state index contributed by atoms with van der Waals surface area (Å²) in [5, 5.41) is 1.20. The number of anilines is 1. The lowest BCUT2D eigenvalue weighted by atomic mass is 9.98. The Bertz CT molecular complexity index is 634. The van der Waals surface area contributed by atoms with Gasteiger partial charge in [0, 0.05) is 15.5 Å². The number of halogens is 1. The normalized spacial score (nSPS) is 14.2. The van der Waals surface area contributed by atoms with E-state index in [0.29, 0.717) is 34.4 Å². The third-order valence-corrected chi connectivity index (χ3v) is 4.47. The first-order valence-electron chi connectivity index (χ1n) is 5.95. The van der Waals surface area contributed by atoms with E-state index in [1.165, 1.54) is 11.3 Å². The highest BCUT2D eigenvalue weighted by Crippen LogP contribution is 2.35. The molecule has 2 heterocycles. The molecule has 0 atom stereocenters. The molecule has 0 amide bonds. The Morgan fingerprint density at radius 3 is 2.79 bits per heavy atom. The predicted molar refractivity (Wildman–Crippen MR) is 77.0 cm³/mol. The maximum absolute atomic E-state index is 12.6. The molecule has 0 radical (unpaired) electrons. The van der Waals surface area contributed by atoms with Crippen LogP contribution in [-0.4, -0.2) is 12.4 Å². The zero-order chi connectivity index (χ0) is 13.4. The van der Waals surface area contributed by atoms with E-state index in [1.807, 2.05) is 0 Å². The lowest BCUT2D eigenvalue weighted by Crippen LogP contribution is -2.12. The minimum absolute atomic E-state index is 0.0337. The van der Waals surface area contributed by atoms with E-state index < -0.39 is 0 Å². The number of thiophene rings is 1. The minimum atomic E-state index is -0.0337. The first kappa shape index (κ1) is 12.7. The van der Waals surface area contributed by atoms with Gasteiger partial charge in [0.05, 0.1) is 23.8 Å². The summed E-state index contributed by atoms with van der Waals surface area (Å²) in [5.74, 6) is -0.0337. The van der Waals surface area contributed by atoms with E-state index >= 15 is 0 Å². The zero-order valence-corrected chi connectivity index (χ0v) is 11.7. The van der Waals surface area contributed by atoms with Crippen molar-refractivity contribution in [2.75, 3.05) is 12.3 Å². The molecule has 1 aliphatic rings. The second kappa shape index (κ2) is 4.96. The van der Waals surface area contributed by atoms with Gasteiger partial charge in [0.1, 0.15) is 0 Å². The van der Waals surface area contributed by atoms with Crippen LogP contribution in [-0.2, 0) is 17.8 Å². The molecular weight excluding hydrogens is 282 g/mol. The Hall–Kier alpha value is -1.36. The van der Waals surface area contributed by atoms with Gasteiger partial charge in [0.2, 0.25) is 0 Å². The molecule has 1 aliphatic heterocycles. The number of carbonyl (C=O) groups is 1. The lowest BCUT2D eigenvalue weighted by molar-refractivity contribution is 0.102. The maximum Gasteiger partial charge on any atom is 0.196 e. The molecular formula is C14H12ClNO2S. The van der Waals surface area contributed by atoms with Crippen molar-refractivity contribution in [3.63, 3.8) is 0 Å². The van der Waals surface area contributed by atoms with Crippen molar-refractivity contribution in [3.05, 3.63) is 50.9 Å². The SMILES string of the molecule is Nc1sc2c(c1C(=O)c1ccc(Cl)cc1)CCOC2. The van der Waals surface area contributed by atoms with Gasteiger partial charge < -0.3 is 10.5 Å². The highest BCUT2D eigenvalue weighted by Gasteiger charge is 2.25. The number of rotatable bonds is 2. The molecule has 1 aromatic carbocycles. The van der Waals surface area contributed by atoms with Gasteiger partial charge in [-0.2, -0.15) is 0 Å². The van der Waals surface area contributed by atoms with Crippen molar-refractivity contribution in [2.45, 2.75) is 13.0 Å². The summed E-state index contributed by atoms with van der Waals surface area (Å²) in [6, 6.07) is 6.89. The monoisotopic (exact) mass is 293 g/mol. The van der Waals surface area contributed by atoms with Crippen molar-refractivity contribution in [2.24, 2.45) is 0 Å². The van der Waals surface area contributed by atoms with Gasteiger partial charge in [-0.15, -0.1) is 11.3 Å². The second-order valence-electron chi connectivity index (χ2n) is 4.38. The smallest absolute Gasteiger partial charge is 0.196 e. The molecule has 0 bridgehead atoms. The van der Waals surface area contributed by atoms with Crippen molar-refractivity contribution in [1.29, 1.82) is 0 Å². The van der Waals surface area contributed by atoms with Gasteiger partial charge in [0.25, 0.3) is 0 Å². The van der Waals surface area contributed by atoms with Crippen LogP contribution in [0.3, 0.4) is 0 Å². The van der Waals surface area contributed by atoms with Crippen LogP contribution in [0.1, 0.15) is 26.4 Å². The Kier molecular flexibility index (Phi) is 3.31. The minimum Gasteiger partial charge on any atom is -0.390 e. The van der Waals surface area contributed by atoms with E-state index in [2.05, 4.69) is 0 Å². The third kappa shape index (κ3) is 2.27. The number of nitrogens with two attached hydrogens (primary N) is 1. The average molecular weight is 294 g/mol. The summed E-state index contributed by atoms with van der Waals surface area (Å²) in [5.41, 5.74) is 8.31. The Labute approximate surface area is 120 Å². The van der Waals surface area contributed by atoms with E-state index in [4.69, 9.17) is 22.1 Å². The molecule has 2 N–H and O–H groups in total. The number of fused-ring (bicyclic) bond motifs is 1. The van der Waals surface area contributed by atoms with Gasteiger partial charge in [-0.3, -0.25) is 4.79 Å². The average Bonchev–Trinajstić information content (AvgIpc) is 2.74. The van der Waals surface area contributed by atoms with E-state index in [1.54, 1.807) is 24.3 Å². The van der Waals surface area contributed by atoms with Crippen molar-refractivity contribution >= 4 is 33.7 Å². The lowest BCUT2D eigenvalue weighted by Gasteiger charge is -2.13. The van der Waals surface area contributed by atoms with Crippen LogP contribution in [0.15, 0.2) is 24.3 Å². The summed E-state index contributed by atoms with van der Waals surface area (Å²) in [6.07, 6.45) is 0.748. The zero-order valence-electron chi connectivity index (χ0n) is 10.1. The van der Waals surface area contributed by atoms with Crippen LogP contribution in [0.25, 0.3) is 0 Å². The molecule has 19 heavy (non-hydrogen) atoms. The Morgan fingerprint density at radius 1 is 1.32 bits per heavy atom. The molecule has 1 aromatic heterocycles. The molecule has 0 aliphatic carbocycles. The fraction of sp³-hybridized carbons (Fsp3) is 0.214. The molecule has 0 unspecified atom stereocenters. The number of carbonyl (C=O) groups excluding carboxylic acids is 1. The fourth-order valence-electron chi connectivity index (χ4n) is 2.25. The van der Waals surface area contributed by atoms with Crippen LogP contribution in [0.4, 0.5) is 5.00 Å². The molecule has 0 fully saturated rings. The molecule has 0 saturated carbocycles. The fourth-order valence-corrected chi connectivity index (χ4v) is 3.43. The molecule has 5 heteroatoms. The van der Waals surface area contributed by atoms with Gasteiger partial charge in [-0.1, -0.05) is 11.6 Å². The van der Waals surface area contributed by atoms with Crippen molar-refractivity contribution in [3.8, 4) is 0 Å². The maximum atomic E-state index is 12.6. The molecule has 3 nitrogen and oxygen atoms in total. The standard InChI is InChI=1S/C14H12ClNO2S/c15-9-3-1-8(2-4-9)13(17)12-10-5-6-18-7-11(10)19-14(12)16/h1-4H,5-7,16H2. The number of nitrogen functional groups attached to an aromatic ring is 1. The van der Waals surface area contributed by atoms with Gasteiger partial charge in [0.15, 0.2) is 5.78 Å². The Balaban J connectivity index is 2.04. The summed E-state index contributed by atoms with van der Waals surface area (Å²) < 4.78 is 5.39. The number of ketones is 1. The predicted octanol–water partition coefficient (Wildman–Crippen LogP) is 3.29. The summed E-state index contributed by atoms with van der Waals surface area (Å²) >= 11 is 7.29. The molecule has 98 valence electrons. The number of hydrogen-bond acceptors (Lipinski definition) is 4. The number of hydrogen-bond donors (Lipinski definition) is 1. The van der Waals surface area contributed by atoms with E-state index in [-0.39, 0.29) is 5.78 Å². The quantitative estimate of drug-likeness (QED) is 0.865. The van der Waals surface area contributed by atoms with Gasteiger partial charge in [-0.25, -0.2) is 0 Å². The largest absolute Gasteiger partial charge is 0.390 e. The highest BCUT2D eigenvalue weighted by molar-refractivity contribution is 7.16. The van der Waals surface area contributed by atoms with Crippen molar-refractivity contribution < 1.29 is 9.53 Å². The van der Waals surface area contributed by atoms with Gasteiger partial charge in [-0.05, 0) is 36.2 Å². The molecule has 0 saturated heterocycles. The third-order valence-electron chi connectivity index (χ3n) is 3.18. The Morgan fingerprint density at radius 2 is 2.05 bits per heavy atom. The van der Waals surface area contributed by atoms with E-state index in [0.717, 1.165) is 16.9 Å². The second-order valence-corrected chi connectivity index (χ2v) is 5.95. The first-order valence-corrected chi connectivity index (χ1v) is 7.14. The summed E-state index contributed by atoms with van der Waals surface area (Å²) in [7, 11) is 0. The topological polar surface area (TPSA) is 52.3 Å². The highest BCUT2D eigenvalue weighted by atomic mass is 35.5. The number of ether oxygens (including phenoxy) is 1. The summed E-state index contributed by atoms with van der Waals surface area (Å²) in [4.78, 5) is 13.6. The molecule has 0 spiro atoms. The first-order chi connectivity index (χ1) is 9.16. The molecule has 2 aromatic rings. The van der Waals surface area contributed by atoms with Gasteiger partial charge >= 0.3 is 0 Å². The van der Waals surface area contributed by atoms with Crippen LogP contribution < -0.4 is 5.73 Å². The van der Waals surface area contributed by atoms with Crippen LogP contribution in [0, 0.1) is 0 Å². The summed E-state index contributed by atoms with van der Waals surface area (Å²) in [6.45, 7) is 1.20. The number of benzene rings is 1. The van der Waals surface area contributed by atoms with Crippen molar-refractivity contribution in [1.82, 2.24) is 0 Å².